The Balaban J connectivity index is 1.95. The van der Waals surface area contributed by atoms with E-state index in [9.17, 15) is 9.18 Å². The maximum Gasteiger partial charge on any atom is 0.238 e. The summed E-state index contributed by atoms with van der Waals surface area (Å²) in [6, 6.07) is 5.02. The number of nitrogens with one attached hydrogen (secondary N) is 2. The van der Waals surface area contributed by atoms with Crippen molar-refractivity contribution in [2.75, 3.05) is 31.5 Å². The van der Waals surface area contributed by atoms with Crippen LogP contribution in [0.15, 0.2) is 22.7 Å². The summed E-state index contributed by atoms with van der Waals surface area (Å²) in [5.74, 6) is -0.598. The van der Waals surface area contributed by atoms with E-state index < -0.39 is 5.82 Å². The molecule has 0 saturated carbocycles. The Morgan fingerprint density at radius 1 is 1.57 bits per heavy atom. The molecule has 1 aromatic carbocycles. The van der Waals surface area contributed by atoms with Crippen molar-refractivity contribution in [1.29, 1.82) is 0 Å². The van der Waals surface area contributed by atoms with E-state index in [2.05, 4.69) is 38.4 Å². The van der Waals surface area contributed by atoms with Gasteiger partial charge in [0.15, 0.2) is 0 Å². The molecular formula is C15H21BrFN3O. The highest BCUT2D eigenvalue weighted by molar-refractivity contribution is 9.10. The zero-order valence-electron chi connectivity index (χ0n) is 12.2. The monoisotopic (exact) mass is 357 g/mol. The Labute approximate surface area is 133 Å². The number of anilines is 1. The molecular weight excluding hydrogens is 337 g/mol. The van der Waals surface area contributed by atoms with Crippen LogP contribution in [0.2, 0.25) is 0 Å². The molecule has 1 amide bonds. The molecule has 0 aliphatic carbocycles. The molecule has 0 radical (unpaired) electrons. The predicted octanol–water partition coefficient (Wildman–Crippen LogP) is 2.60. The van der Waals surface area contributed by atoms with Crippen LogP contribution in [0.3, 0.4) is 0 Å². The molecule has 1 aromatic rings. The third kappa shape index (κ3) is 4.76. The Bertz CT molecular complexity index is 492. The average Bonchev–Trinajstić information content (AvgIpc) is 2.95. The van der Waals surface area contributed by atoms with Gasteiger partial charge < -0.3 is 10.6 Å². The van der Waals surface area contributed by atoms with Gasteiger partial charge in [0.25, 0.3) is 0 Å². The lowest BCUT2D eigenvalue weighted by molar-refractivity contribution is -0.117. The van der Waals surface area contributed by atoms with E-state index in [1.54, 1.807) is 12.1 Å². The summed E-state index contributed by atoms with van der Waals surface area (Å²) >= 11 is 3.20. The second-order valence-corrected chi connectivity index (χ2v) is 6.21. The van der Waals surface area contributed by atoms with Crippen LogP contribution < -0.4 is 10.6 Å². The van der Waals surface area contributed by atoms with Gasteiger partial charge in [0.1, 0.15) is 5.82 Å². The largest absolute Gasteiger partial charge is 0.322 e. The first-order valence-electron chi connectivity index (χ1n) is 7.30. The maximum absolute atomic E-state index is 13.7. The quantitative estimate of drug-likeness (QED) is 0.822. The van der Waals surface area contributed by atoms with E-state index in [-0.39, 0.29) is 11.6 Å². The number of halogens is 2. The zero-order valence-corrected chi connectivity index (χ0v) is 13.7. The Morgan fingerprint density at radius 3 is 3.00 bits per heavy atom. The van der Waals surface area contributed by atoms with Crippen LogP contribution in [-0.2, 0) is 4.79 Å². The normalized spacial score (nSPS) is 18.2. The van der Waals surface area contributed by atoms with Crippen molar-refractivity contribution in [1.82, 2.24) is 10.2 Å². The van der Waals surface area contributed by atoms with Crippen LogP contribution in [0.5, 0.6) is 0 Å². The lowest BCUT2D eigenvalue weighted by Crippen LogP contribution is -2.42. The van der Waals surface area contributed by atoms with Crippen molar-refractivity contribution >= 4 is 27.5 Å². The molecule has 6 heteroatoms. The minimum atomic E-state index is -0.428. The molecule has 0 spiro atoms. The minimum Gasteiger partial charge on any atom is -0.322 e. The van der Waals surface area contributed by atoms with E-state index in [0.29, 0.717) is 17.1 Å². The molecule has 2 rings (SSSR count). The van der Waals surface area contributed by atoms with Gasteiger partial charge in [0, 0.05) is 17.1 Å². The van der Waals surface area contributed by atoms with Gasteiger partial charge in [0.2, 0.25) is 5.91 Å². The third-order valence-corrected chi connectivity index (χ3v) is 4.11. The topological polar surface area (TPSA) is 44.4 Å². The van der Waals surface area contributed by atoms with Crippen LogP contribution >= 0.6 is 15.9 Å². The molecule has 1 fully saturated rings. The molecule has 0 aromatic heterocycles. The second-order valence-electron chi connectivity index (χ2n) is 5.29. The molecule has 1 saturated heterocycles. The summed E-state index contributed by atoms with van der Waals surface area (Å²) in [4.78, 5) is 14.3. The fourth-order valence-electron chi connectivity index (χ4n) is 2.59. The van der Waals surface area contributed by atoms with Gasteiger partial charge in [-0.2, -0.15) is 0 Å². The molecule has 1 aliphatic heterocycles. The van der Waals surface area contributed by atoms with E-state index in [4.69, 9.17) is 0 Å². The SMILES string of the molecule is CCCN(CC(=O)Nc1ccc(Br)cc1F)C1CCNC1. The molecule has 2 N–H and O–H groups in total. The molecule has 116 valence electrons. The molecule has 0 bridgehead atoms. The molecule has 4 nitrogen and oxygen atoms in total. The number of nitrogens with zero attached hydrogens (tertiary/aromatic N) is 1. The number of rotatable bonds is 6. The lowest BCUT2D eigenvalue weighted by Gasteiger charge is -2.27. The van der Waals surface area contributed by atoms with Crippen LogP contribution in [0.4, 0.5) is 10.1 Å². The standard InChI is InChI=1S/C15H21BrFN3O/c1-2-7-20(12-5-6-18-9-12)10-15(21)19-14-4-3-11(16)8-13(14)17/h3-4,8,12,18H,2,5-7,9-10H2,1H3,(H,19,21). The lowest BCUT2D eigenvalue weighted by atomic mass is 10.2. The molecule has 1 atom stereocenters. The summed E-state index contributed by atoms with van der Waals surface area (Å²) in [5.41, 5.74) is 0.226. The Kier molecular flexibility index (Phi) is 6.14. The van der Waals surface area contributed by atoms with Gasteiger partial charge in [-0.3, -0.25) is 9.69 Å². The third-order valence-electron chi connectivity index (χ3n) is 3.61. The maximum atomic E-state index is 13.7. The predicted molar refractivity (Wildman–Crippen MR) is 85.9 cm³/mol. The summed E-state index contributed by atoms with van der Waals surface area (Å²) < 4.78 is 14.4. The van der Waals surface area contributed by atoms with E-state index in [0.717, 1.165) is 32.5 Å². The molecule has 1 unspecified atom stereocenters. The van der Waals surface area contributed by atoms with Gasteiger partial charge in [-0.1, -0.05) is 22.9 Å². The van der Waals surface area contributed by atoms with Crippen LogP contribution in [-0.4, -0.2) is 43.0 Å². The van der Waals surface area contributed by atoms with Gasteiger partial charge in [-0.15, -0.1) is 0 Å². The highest BCUT2D eigenvalue weighted by Crippen LogP contribution is 2.19. The second kappa shape index (κ2) is 7.87. The smallest absolute Gasteiger partial charge is 0.238 e. The van der Waals surface area contributed by atoms with Gasteiger partial charge >= 0.3 is 0 Å². The van der Waals surface area contributed by atoms with Gasteiger partial charge in [-0.25, -0.2) is 4.39 Å². The van der Waals surface area contributed by atoms with E-state index in [1.807, 2.05) is 0 Å². The van der Waals surface area contributed by atoms with Gasteiger partial charge in [0.05, 0.1) is 12.2 Å². The molecule has 21 heavy (non-hydrogen) atoms. The van der Waals surface area contributed by atoms with E-state index >= 15 is 0 Å². The van der Waals surface area contributed by atoms with Crippen molar-refractivity contribution in [3.63, 3.8) is 0 Å². The number of carbonyl (C=O) groups is 1. The van der Waals surface area contributed by atoms with Crippen molar-refractivity contribution in [2.24, 2.45) is 0 Å². The highest BCUT2D eigenvalue weighted by Gasteiger charge is 2.23. The number of amides is 1. The highest BCUT2D eigenvalue weighted by atomic mass is 79.9. The average molecular weight is 358 g/mol. The van der Waals surface area contributed by atoms with Gasteiger partial charge in [-0.05, 0) is 44.1 Å². The van der Waals surface area contributed by atoms with Crippen molar-refractivity contribution in [2.45, 2.75) is 25.8 Å². The van der Waals surface area contributed by atoms with Crippen LogP contribution in [0.1, 0.15) is 19.8 Å². The number of hydrogen-bond donors (Lipinski definition) is 2. The number of carbonyl (C=O) groups excluding carboxylic acids is 1. The summed E-state index contributed by atoms with van der Waals surface area (Å²) in [6.07, 6.45) is 2.05. The minimum absolute atomic E-state index is 0.170. The first-order chi connectivity index (χ1) is 10.1. The van der Waals surface area contributed by atoms with Crippen molar-refractivity contribution < 1.29 is 9.18 Å². The summed E-state index contributed by atoms with van der Waals surface area (Å²) in [5, 5.41) is 5.96. The molecule has 1 aliphatic rings. The van der Waals surface area contributed by atoms with Crippen LogP contribution in [0.25, 0.3) is 0 Å². The first kappa shape index (κ1) is 16.4. The van der Waals surface area contributed by atoms with Crippen LogP contribution in [0, 0.1) is 5.82 Å². The first-order valence-corrected chi connectivity index (χ1v) is 8.09. The van der Waals surface area contributed by atoms with Crippen molar-refractivity contribution in [3.05, 3.63) is 28.5 Å². The summed E-state index contributed by atoms with van der Waals surface area (Å²) in [7, 11) is 0. The number of benzene rings is 1. The Hall–Kier alpha value is -0.980. The van der Waals surface area contributed by atoms with Crippen molar-refractivity contribution in [3.8, 4) is 0 Å². The zero-order chi connectivity index (χ0) is 15.2. The fraction of sp³-hybridized carbons (Fsp3) is 0.533. The fourth-order valence-corrected chi connectivity index (χ4v) is 2.93. The summed E-state index contributed by atoms with van der Waals surface area (Å²) in [6.45, 7) is 5.19. The Morgan fingerprint density at radius 2 is 2.38 bits per heavy atom. The molecule has 1 heterocycles. The van der Waals surface area contributed by atoms with E-state index in [1.165, 1.54) is 6.07 Å². The number of hydrogen-bond acceptors (Lipinski definition) is 3.